The summed E-state index contributed by atoms with van der Waals surface area (Å²) in [7, 11) is 1.58. The lowest BCUT2D eigenvalue weighted by atomic mass is 10.1. The van der Waals surface area contributed by atoms with E-state index in [9.17, 15) is 9.59 Å². The second-order valence-corrected chi connectivity index (χ2v) is 6.10. The number of rotatable bonds is 4. The Labute approximate surface area is 146 Å². The SMILES string of the molecule is COc1ccc2c(c1)c(CC(N)=O)c(C)n2C(=O)c1ccc(C)cc1. The third-order valence-electron chi connectivity index (χ3n) is 4.39. The molecule has 1 aromatic heterocycles. The molecule has 0 aliphatic carbocycles. The van der Waals surface area contributed by atoms with E-state index in [1.807, 2.05) is 38.1 Å². The van der Waals surface area contributed by atoms with Gasteiger partial charge in [0.1, 0.15) is 5.75 Å². The Morgan fingerprint density at radius 1 is 1.08 bits per heavy atom. The number of nitrogens with two attached hydrogens (primary N) is 1. The third kappa shape index (κ3) is 3.01. The van der Waals surface area contributed by atoms with Crippen LogP contribution >= 0.6 is 0 Å². The summed E-state index contributed by atoms with van der Waals surface area (Å²) in [4.78, 5) is 24.6. The minimum absolute atomic E-state index is 0.0731. The van der Waals surface area contributed by atoms with Gasteiger partial charge in [-0.15, -0.1) is 0 Å². The van der Waals surface area contributed by atoms with Crippen molar-refractivity contribution in [1.29, 1.82) is 0 Å². The molecule has 0 spiro atoms. The second-order valence-electron chi connectivity index (χ2n) is 6.10. The van der Waals surface area contributed by atoms with Gasteiger partial charge in [-0.25, -0.2) is 0 Å². The molecule has 0 atom stereocenters. The van der Waals surface area contributed by atoms with E-state index >= 15 is 0 Å². The Morgan fingerprint density at radius 2 is 1.76 bits per heavy atom. The number of ether oxygens (including phenoxy) is 1. The van der Waals surface area contributed by atoms with Gasteiger partial charge < -0.3 is 10.5 Å². The molecule has 25 heavy (non-hydrogen) atoms. The van der Waals surface area contributed by atoms with Gasteiger partial charge in [0.15, 0.2) is 0 Å². The molecule has 0 aliphatic rings. The largest absolute Gasteiger partial charge is 0.497 e. The topological polar surface area (TPSA) is 74.3 Å². The van der Waals surface area contributed by atoms with E-state index in [1.54, 1.807) is 29.9 Å². The van der Waals surface area contributed by atoms with Crippen molar-refractivity contribution in [2.45, 2.75) is 20.3 Å². The zero-order valence-corrected chi connectivity index (χ0v) is 14.5. The average Bonchev–Trinajstić information content (AvgIpc) is 2.86. The maximum atomic E-state index is 13.1. The van der Waals surface area contributed by atoms with Crippen molar-refractivity contribution in [3.63, 3.8) is 0 Å². The molecule has 1 heterocycles. The van der Waals surface area contributed by atoms with Gasteiger partial charge in [-0.2, -0.15) is 0 Å². The number of carbonyl (C=O) groups is 2. The summed E-state index contributed by atoms with van der Waals surface area (Å²) in [6.45, 7) is 3.80. The first-order valence-corrected chi connectivity index (χ1v) is 8.00. The smallest absolute Gasteiger partial charge is 0.262 e. The van der Waals surface area contributed by atoms with Crippen molar-refractivity contribution in [2.24, 2.45) is 5.73 Å². The van der Waals surface area contributed by atoms with Crippen LogP contribution in [-0.4, -0.2) is 23.5 Å². The van der Waals surface area contributed by atoms with Gasteiger partial charge in [-0.1, -0.05) is 17.7 Å². The molecule has 5 heteroatoms. The Balaban J connectivity index is 2.23. The highest BCUT2D eigenvalue weighted by atomic mass is 16.5. The number of aryl methyl sites for hydroxylation is 1. The first-order valence-electron chi connectivity index (χ1n) is 8.00. The number of benzene rings is 2. The summed E-state index contributed by atoms with van der Waals surface area (Å²) >= 11 is 0. The molecule has 3 aromatic rings. The number of primary amides is 1. The minimum Gasteiger partial charge on any atom is -0.497 e. The van der Waals surface area contributed by atoms with E-state index in [0.29, 0.717) is 17.0 Å². The fraction of sp³-hybridized carbons (Fsp3) is 0.200. The van der Waals surface area contributed by atoms with Crippen molar-refractivity contribution < 1.29 is 14.3 Å². The molecular weight excluding hydrogens is 316 g/mol. The lowest BCUT2D eigenvalue weighted by molar-refractivity contribution is -0.117. The minimum atomic E-state index is -0.437. The average molecular weight is 336 g/mol. The maximum absolute atomic E-state index is 13.1. The summed E-state index contributed by atoms with van der Waals surface area (Å²) in [5.41, 5.74) is 9.28. The molecule has 0 radical (unpaired) electrons. The zero-order chi connectivity index (χ0) is 18.1. The molecule has 3 rings (SSSR count). The number of nitrogens with zero attached hydrogens (tertiary/aromatic N) is 1. The quantitative estimate of drug-likeness (QED) is 0.796. The first-order chi connectivity index (χ1) is 11.9. The van der Waals surface area contributed by atoms with E-state index in [0.717, 1.165) is 22.0 Å². The number of amides is 1. The zero-order valence-electron chi connectivity index (χ0n) is 14.5. The molecule has 0 fully saturated rings. The fourth-order valence-corrected chi connectivity index (χ4v) is 3.07. The highest BCUT2D eigenvalue weighted by molar-refractivity contribution is 6.05. The van der Waals surface area contributed by atoms with Crippen LogP contribution in [0.1, 0.15) is 27.2 Å². The van der Waals surface area contributed by atoms with Crippen LogP contribution in [0.5, 0.6) is 5.75 Å². The van der Waals surface area contributed by atoms with Crippen LogP contribution in [0.4, 0.5) is 0 Å². The summed E-state index contributed by atoms with van der Waals surface area (Å²) in [6, 6.07) is 12.9. The molecular formula is C20H20N2O3. The Bertz CT molecular complexity index is 969. The molecule has 5 nitrogen and oxygen atoms in total. The van der Waals surface area contributed by atoms with E-state index < -0.39 is 5.91 Å². The fourth-order valence-electron chi connectivity index (χ4n) is 3.07. The van der Waals surface area contributed by atoms with Crippen LogP contribution in [-0.2, 0) is 11.2 Å². The molecule has 2 aromatic carbocycles. The van der Waals surface area contributed by atoms with Crippen LogP contribution in [0.3, 0.4) is 0 Å². The van der Waals surface area contributed by atoms with Crippen LogP contribution in [0.2, 0.25) is 0 Å². The van der Waals surface area contributed by atoms with Gasteiger partial charge in [-0.3, -0.25) is 14.2 Å². The number of carbonyl (C=O) groups excluding carboxylic acids is 2. The molecule has 0 bridgehead atoms. The van der Waals surface area contributed by atoms with Crippen molar-refractivity contribution in [3.05, 3.63) is 64.8 Å². The molecule has 0 saturated heterocycles. The molecule has 0 unspecified atom stereocenters. The van der Waals surface area contributed by atoms with Crippen molar-refractivity contribution in [2.75, 3.05) is 7.11 Å². The molecule has 2 N–H and O–H groups in total. The number of hydrogen-bond acceptors (Lipinski definition) is 3. The lowest BCUT2D eigenvalue weighted by Gasteiger charge is -2.08. The second kappa shape index (κ2) is 6.43. The Kier molecular flexibility index (Phi) is 4.31. The standard InChI is InChI=1S/C20H20N2O3/c1-12-4-6-14(7-5-12)20(24)22-13(2)16(11-19(21)23)17-10-15(25-3)8-9-18(17)22/h4-10H,11H2,1-3H3,(H2,21,23). The predicted molar refractivity (Wildman–Crippen MR) is 97.0 cm³/mol. The van der Waals surface area contributed by atoms with Crippen LogP contribution in [0.15, 0.2) is 42.5 Å². The van der Waals surface area contributed by atoms with Gasteiger partial charge in [0, 0.05) is 16.6 Å². The van der Waals surface area contributed by atoms with Crippen LogP contribution in [0.25, 0.3) is 10.9 Å². The highest BCUT2D eigenvalue weighted by Crippen LogP contribution is 2.30. The van der Waals surface area contributed by atoms with Crippen molar-refractivity contribution in [1.82, 2.24) is 4.57 Å². The van der Waals surface area contributed by atoms with E-state index in [-0.39, 0.29) is 12.3 Å². The van der Waals surface area contributed by atoms with E-state index in [2.05, 4.69) is 0 Å². The summed E-state index contributed by atoms with van der Waals surface area (Å²) in [6.07, 6.45) is 0.0731. The molecule has 1 amide bonds. The number of hydrogen-bond donors (Lipinski definition) is 1. The van der Waals surface area contributed by atoms with Crippen molar-refractivity contribution in [3.8, 4) is 5.75 Å². The first kappa shape index (κ1) is 16.8. The van der Waals surface area contributed by atoms with Crippen LogP contribution in [0, 0.1) is 13.8 Å². The van der Waals surface area contributed by atoms with E-state index in [4.69, 9.17) is 10.5 Å². The molecule has 0 saturated carbocycles. The van der Waals surface area contributed by atoms with E-state index in [1.165, 1.54) is 0 Å². The highest BCUT2D eigenvalue weighted by Gasteiger charge is 2.21. The van der Waals surface area contributed by atoms with Crippen molar-refractivity contribution >= 4 is 22.7 Å². The van der Waals surface area contributed by atoms with Gasteiger partial charge in [-0.05, 0) is 49.7 Å². The number of methoxy groups -OCH3 is 1. The van der Waals surface area contributed by atoms with Gasteiger partial charge >= 0.3 is 0 Å². The van der Waals surface area contributed by atoms with Gasteiger partial charge in [0.2, 0.25) is 5.91 Å². The maximum Gasteiger partial charge on any atom is 0.262 e. The summed E-state index contributed by atoms with van der Waals surface area (Å²) in [5, 5.41) is 0.802. The van der Waals surface area contributed by atoms with Gasteiger partial charge in [0.25, 0.3) is 5.91 Å². The molecule has 0 aliphatic heterocycles. The normalized spacial score (nSPS) is 10.8. The third-order valence-corrected chi connectivity index (χ3v) is 4.39. The summed E-state index contributed by atoms with van der Waals surface area (Å²) in [5.74, 6) is 0.0919. The predicted octanol–water partition coefficient (Wildman–Crippen LogP) is 2.98. The molecule has 128 valence electrons. The Hall–Kier alpha value is -3.08. The summed E-state index contributed by atoms with van der Waals surface area (Å²) < 4.78 is 6.92. The lowest BCUT2D eigenvalue weighted by Crippen LogP contribution is -2.16. The number of fused-ring (bicyclic) bond motifs is 1. The number of aromatic nitrogens is 1. The monoisotopic (exact) mass is 336 g/mol. The van der Waals surface area contributed by atoms with Crippen LogP contribution < -0.4 is 10.5 Å². The van der Waals surface area contributed by atoms with Gasteiger partial charge in [0.05, 0.1) is 19.0 Å². The Morgan fingerprint density at radius 3 is 2.36 bits per heavy atom.